The monoisotopic (exact) mass is 357 g/mol. The van der Waals surface area contributed by atoms with Crippen molar-refractivity contribution in [1.29, 1.82) is 0 Å². The lowest BCUT2D eigenvalue weighted by Gasteiger charge is -2.22. The smallest absolute Gasteiger partial charge is 0.414 e. The summed E-state index contributed by atoms with van der Waals surface area (Å²) in [6, 6.07) is 0. The van der Waals surface area contributed by atoms with Crippen molar-refractivity contribution >= 4 is 29.2 Å². The molecule has 0 unspecified atom stereocenters. The molecule has 0 radical (unpaired) electrons. The molecule has 2 N–H and O–H groups in total. The second kappa shape index (κ2) is 9.99. The lowest BCUT2D eigenvalue weighted by Crippen LogP contribution is -2.25. The van der Waals surface area contributed by atoms with E-state index in [1.54, 1.807) is 0 Å². The SMILES string of the molecule is CC(C)CCOc1nsnc1C1=CCCN(C)C1.O=C(O)C(=O)O. The van der Waals surface area contributed by atoms with E-state index >= 15 is 0 Å². The minimum Gasteiger partial charge on any atom is -0.475 e. The summed E-state index contributed by atoms with van der Waals surface area (Å²) in [6.45, 7) is 7.17. The molecule has 0 aromatic carbocycles. The highest BCUT2D eigenvalue weighted by molar-refractivity contribution is 6.99. The van der Waals surface area contributed by atoms with Crippen LogP contribution in [0.15, 0.2) is 6.08 Å². The first kappa shape index (κ1) is 20.0. The molecule has 0 bridgehead atoms. The number of likely N-dealkylation sites (N-methyl/N-ethyl adjacent to an activating group) is 1. The molecule has 134 valence electrons. The molecule has 0 spiro atoms. The van der Waals surface area contributed by atoms with E-state index in [4.69, 9.17) is 24.5 Å². The Morgan fingerprint density at radius 2 is 2.00 bits per heavy atom. The number of ether oxygens (including phenoxy) is 1. The van der Waals surface area contributed by atoms with Crippen molar-refractivity contribution < 1.29 is 24.5 Å². The van der Waals surface area contributed by atoms with Gasteiger partial charge in [0.25, 0.3) is 5.88 Å². The van der Waals surface area contributed by atoms with Gasteiger partial charge in [0.05, 0.1) is 18.3 Å². The average molecular weight is 357 g/mol. The predicted molar refractivity (Wildman–Crippen MR) is 90.2 cm³/mol. The van der Waals surface area contributed by atoms with Crippen molar-refractivity contribution in [3.63, 3.8) is 0 Å². The van der Waals surface area contributed by atoms with Crippen molar-refractivity contribution in [3.05, 3.63) is 11.8 Å². The summed E-state index contributed by atoms with van der Waals surface area (Å²) < 4.78 is 14.4. The van der Waals surface area contributed by atoms with Crippen molar-refractivity contribution in [2.75, 3.05) is 26.7 Å². The van der Waals surface area contributed by atoms with Gasteiger partial charge >= 0.3 is 11.9 Å². The number of hydrogen-bond acceptors (Lipinski definition) is 7. The largest absolute Gasteiger partial charge is 0.475 e. The summed E-state index contributed by atoms with van der Waals surface area (Å²) in [4.78, 5) is 20.5. The Balaban J connectivity index is 0.000000413. The zero-order chi connectivity index (χ0) is 18.1. The minimum absolute atomic E-state index is 0.653. The fraction of sp³-hybridized carbons (Fsp3) is 0.600. The molecule has 9 heteroatoms. The zero-order valence-corrected chi connectivity index (χ0v) is 14.9. The quantitative estimate of drug-likeness (QED) is 0.768. The number of aromatic nitrogens is 2. The first-order chi connectivity index (χ1) is 11.3. The molecule has 1 aliphatic heterocycles. The number of aliphatic carboxylic acids is 2. The Morgan fingerprint density at radius 1 is 1.33 bits per heavy atom. The third-order valence-electron chi connectivity index (χ3n) is 3.22. The molecule has 0 saturated carbocycles. The third-order valence-corrected chi connectivity index (χ3v) is 3.73. The highest BCUT2D eigenvalue weighted by Gasteiger charge is 2.18. The van der Waals surface area contributed by atoms with E-state index in [1.165, 1.54) is 17.3 Å². The van der Waals surface area contributed by atoms with E-state index in [9.17, 15) is 0 Å². The van der Waals surface area contributed by atoms with Gasteiger partial charge in [0.2, 0.25) is 0 Å². The fourth-order valence-electron chi connectivity index (χ4n) is 1.93. The van der Waals surface area contributed by atoms with Crippen LogP contribution in [0.5, 0.6) is 5.88 Å². The highest BCUT2D eigenvalue weighted by Crippen LogP contribution is 2.27. The summed E-state index contributed by atoms with van der Waals surface area (Å²) in [6.07, 6.45) is 4.39. The molecule has 1 aromatic heterocycles. The molecule has 24 heavy (non-hydrogen) atoms. The van der Waals surface area contributed by atoms with E-state index in [-0.39, 0.29) is 0 Å². The van der Waals surface area contributed by atoms with Gasteiger partial charge in [-0.05, 0) is 31.4 Å². The van der Waals surface area contributed by atoms with E-state index < -0.39 is 11.9 Å². The molecule has 2 heterocycles. The van der Waals surface area contributed by atoms with Crippen molar-refractivity contribution in [2.24, 2.45) is 5.92 Å². The van der Waals surface area contributed by atoms with Crippen molar-refractivity contribution in [3.8, 4) is 5.88 Å². The first-order valence-electron chi connectivity index (χ1n) is 7.60. The van der Waals surface area contributed by atoms with Gasteiger partial charge in [-0.15, -0.1) is 4.37 Å². The number of carboxylic acid groups (broad SMARTS) is 2. The van der Waals surface area contributed by atoms with Crippen LogP contribution in [0.4, 0.5) is 0 Å². The van der Waals surface area contributed by atoms with Crippen LogP contribution in [0.2, 0.25) is 0 Å². The van der Waals surface area contributed by atoms with Gasteiger partial charge in [0.1, 0.15) is 5.69 Å². The van der Waals surface area contributed by atoms with Gasteiger partial charge in [-0.2, -0.15) is 4.37 Å². The van der Waals surface area contributed by atoms with E-state index in [0.717, 1.165) is 38.2 Å². The second-order valence-corrected chi connectivity index (χ2v) is 6.34. The predicted octanol–water partition coefficient (Wildman–Crippen LogP) is 1.84. The molecule has 0 atom stereocenters. The van der Waals surface area contributed by atoms with Gasteiger partial charge in [0, 0.05) is 13.1 Å². The van der Waals surface area contributed by atoms with Gasteiger partial charge in [-0.3, -0.25) is 0 Å². The maximum Gasteiger partial charge on any atom is 0.414 e. The normalized spacial score (nSPS) is 14.6. The zero-order valence-electron chi connectivity index (χ0n) is 14.1. The third kappa shape index (κ3) is 7.05. The lowest BCUT2D eigenvalue weighted by molar-refractivity contribution is -0.159. The highest BCUT2D eigenvalue weighted by atomic mass is 32.1. The summed E-state index contributed by atoms with van der Waals surface area (Å²) in [7, 11) is 2.13. The van der Waals surface area contributed by atoms with Crippen molar-refractivity contribution in [1.82, 2.24) is 13.6 Å². The molecule has 0 fully saturated rings. The second-order valence-electron chi connectivity index (χ2n) is 5.82. The Kier molecular flexibility index (Phi) is 8.34. The number of carboxylic acids is 2. The molecule has 2 rings (SSSR count). The van der Waals surface area contributed by atoms with Crippen LogP contribution in [-0.2, 0) is 9.59 Å². The van der Waals surface area contributed by atoms with Gasteiger partial charge in [-0.1, -0.05) is 19.9 Å². The minimum atomic E-state index is -1.82. The number of hydrogen-bond donors (Lipinski definition) is 2. The molecular formula is C15H23N3O5S. The maximum atomic E-state index is 9.10. The molecule has 0 aliphatic carbocycles. The number of nitrogens with zero attached hydrogens (tertiary/aromatic N) is 3. The Bertz CT molecular complexity index is 573. The summed E-state index contributed by atoms with van der Waals surface area (Å²) in [5.41, 5.74) is 2.19. The molecular weight excluding hydrogens is 334 g/mol. The van der Waals surface area contributed by atoms with Crippen LogP contribution in [-0.4, -0.2) is 62.5 Å². The van der Waals surface area contributed by atoms with Crippen LogP contribution < -0.4 is 4.74 Å². The summed E-state index contributed by atoms with van der Waals surface area (Å²) >= 11 is 1.24. The Hall–Kier alpha value is -2.00. The molecule has 0 saturated heterocycles. The van der Waals surface area contributed by atoms with Gasteiger partial charge in [0.15, 0.2) is 0 Å². The van der Waals surface area contributed by atoms with Gasteiger partial charge in [-0.25, -0.2) is 9.59 Å². The van der Waals surface area contributed by atoms with Crippen LogP contribution in [0.3, 0.4) is 0 Å². The van der Waals surface area contributed by atoms with Crippen LogP contribution in [0, 0.1) is 5.92 Å². The maximum absolute atomic E-state index is 9.10. The van der Waals surface area contributed by atoms with E-state index in [0.29, 0.717) is 11.8 Å². The van der Waals surface area contributed by atoms with Crippen LogP contribution in [0.25, 0.3) is 5.57 Å². The molecule has 1 aliphatic rings. The number of rotatable bonds is 5. The van der Waals surface area contributed by atoms with Crippen LogP contribution >= 0.6 is 11.7 Å². The summed E-state index contributed by atoms with van der Waals surface area (Å²) in [5, 5.41) is 14.8. The molecule has 0 amide bonds. The van der Waals surface area contributed by atoms with E-state index in [1.807, 2.05) is 0 Å². The Labute approximate surface area is 145 Å². The summed E-state index contributed by atoms with van der Waals surface area (Å²) in [5.74, 6) is -2.28. The lowest BCUT2D eigenvalue weighted by atomic mass is 10.1. The standard InChI is InChI=1S/C13H21N3OS.C2H2O4/c1-10(2)6-8-17-13-12(14-18-15-13)11-5-4-7-16(3)9-11;3-1(4)2(5)6/h5,10H,4,6-9H2,1-3H3;(H,3,4)(H,5,6). The van der Waals surface area contributed by atoms with Crippen molar-refractivity contribution in [2.45, 2.75) is 26.7 Å². The fourth-order valence-corrected chi connectivity index (χ4v) is 2.46. The Morgan fingerprint density at radius 3 is 2.54 bits per heavy atom. The van der Waals surface area contributed by atoms with Gasteiger partial charge < -0.3 is 19.8 Å². The van der Waals surface area contributed by atoms with E-state index in [2.05, 4.69) is 40.6 Å². The first-order valence-corrected chi connectivity index (χ1v) is 8.33. The topological polar surface area (TPSA) is 113 Å². The van der Waals surface area contributed by atoms with Crippen LogP contribution in [0.1, 0.15) is 32.4 Å². The average Bonchev–Trinajstić information content (AvgIpc) is 2.96. The number of carbonyl (C=O) groups is 2. The molecule has 8 nitrogen and oxygen atoms in total. The molecule has 1 aromatic rings.